The lowest BCUT2D eigenvalue weighted by molar-refractivity contribution is 0.0953. The average Bonchev–Trinajstić information content (AvgIpc) is 2.52. The second-order valence-electron chi connectivity index (χ2n) is 5.34. The van der Waals surface area contributed by atoms with Crippen LogP contribution in [0.25, 0.3) is 0 Å². The molecule has 22 heavy (non-hydrogen) atoms. The maximum Gasteiger partial charge on any atom is 0.268 e. The van der Waals surface area contributed by atoms with Crippen molar-refractivity contribution in [2.24, 2.45) is 5.84 Å². The molecule has 0 bridgehead atoms. The standard InChI is InChI=1S/C15H16BrN5O/c16-12-4-2-11(3-5-12)15(6-1-7-15)20-14-18-8-10(9-19-14)13(22)21-17/h2-5,8-9H,1,6-7,17H2,(H,21,22)(H,18,19,20). The van der Waals surface area contributed by atoms with E-state index in [1.54, 1.807) is 0 Å². The van der Waals surface area contributed by atoms with Gasteiger partial charge in [0, 0.05) is 16.9 Å². The van der Waals surface area contributed by atoms with Gasteiger partial charge in [-0.15, -0.1) is 0 Å². The van der Waals surface area contributed by atoms with Crippen molar-refractivity contribution < 1.29 is 4.79 Å². The monoisotopic (exact) mass is 361 g/mol. The molecule has 1 amide bonds. The molecule has 1 heterocycles. The summed E-state index contributed by atoms with van der Waals surface area (Å²) in [5, 5.41) is 3.41. The SMILES string of the molecule is NNC(=O)c1cnc(NC2(c3ccc(Br)cc3)CCC2)nc1. The van der Waals surface area contributed by atoms with Gasteiger partial charge >= 0.3 is 0 Å². The van der Waals surface area contributed by atoms with Crippen LogP contribution in [0.15, 0.2) is 41.1 Å². The first-order valence-corrected chi connectivity index (χ1v) is 7.79. The molecule has 0 atom stereocenters. The highest BCUT2D eigenvalue weighted by Gasteiger charge is 2.39. The maximum atomic E-state index is 11.4. The Kier molecular flexibility index (Phi) is 4.08. The molecule has 0 spiro atoms. The van der Waals surface area contributed by atoms with E-state index in [4.69, 9.17) is 5.84 Å². The second kappa shape index (κ2) is 6.02. The van der Waals surface area contributed by atoms with Crippen LogP contribution >= 0.6 is 15.9 Å². The van der Waals surface area contributed by atoms with E-state index in [-0.39, 0.29) is 5.54 Å². The summed E-state index contributed by atoms with van der Waals surface area (Å²) >= 11 is 3.45. The zero-order valence-electron chi connectivity index (χ0n) is 11.8. The van der Waals surface area contributed by atoms with Crippen LogP contribution in [-0.2, 0) is 5.54 Å². The average molecular weight is 362 g/mol. The van der Waals surface area contributed by atoms with Gasteiger partial charge < -0.3 is 5.32 Å². The predicted octanol–water partition coefficient (Wildman–Crippen LogP) is 2.33. The van der Waals surface area contributed by atoms with Crippen LogP contribution in [-0.4, -0.2) is 15.9 Å². The molecule has 7 heteroatoms. The lowest BCUT2D eigenvalue weighted by Gasteiger charge is -2.43. The number of nitrogens with two attached hydrogens (primary N) is 1. The number of halogens is 1. The molecule has 114 valence electrons. The molecule has 1 saturated carbocycles. The molecule has 0 radical (unpaired) electrons. The number of amides is 1. The van der Waals surface area contributed by atoms with Crippen molar-refractivity contribution in [2.75, 3.05) is 5.32 Å². The number of nitrogen functional groups attached to an aromatic ring is 1. The van der Waals surface area contributed by atoms with E-state index in [1.165, 1.54) is 18.0 Å². The van der Waals surface area contributed by atoms with Gasteiger partial charge in [-0.1, -0.05) is 28.1 Å². The van der Waals surface area contributed by atoms with Crippen LogP contribution in [0.3, 0.4) is 0 Å². The van der Waals surface area contributed by atoms with Gasteiger partial charge in [-0.2, -0.15) is 0 Å². The summed E-state index contributed by atoms with van der Waals surface area (Å²) < 4.78 is 1.05. The molecular weight excluding hydrogens is 346 g/mol. The molecule has 1 fully saturated rings. The number of carbonyl (C=O) groups excluding carboxylic acids is 1. The Morgan fingerprint density at radius 1 is 1.18 bits per heavy atom. The number of rotatable bonds is 4. The highest BCUT2D eigenvalue weighted by Crippen LogP contribution is 2.43. The van der Waals surface area contributed by atoms with Crippen molar-refractivity contribution in [1.29, 1.82) is 0 Å². The number of nitrogens with one attached hydrogen (secondary N) is 2. The van der Waals surface area contributed by atoms with Crippen molar-refractivity contribution in [1.82, 2.24) is 15.4 Å². The highest BCUT2D eigenvalue weighted by molar-refractivity contribution is 9.10. The number of hydrogen-bond donors (Lipinski definition) is 3. The quantitative estimate of drug-likeness (QED) is 0.441. The van der Waals surface area contributed by atoms with Crippen LogP contribution in [0.1, 0.15) is 35.2 Å². The summed E-state index contributed by atoms with van der Waals surface area (Å²) in [6.07, 6.45) is 6.15. The third kappa shape index (κ3) is 2.82. The number of carbonyl (C=O) groups is 1. The molecular formula is C15H16BrN5O. The molecule has 0 saturated heterocycles. The summed E-state index contributed by atoms with van der Waals surface area (Å²) in [6, 6.07) is 8.28. The zero-order chi connectivity index (χ0) is 15.6. The van der Waals surface area contributed by atoms with Crippen LogP contribution in [0.5, 0.6) is 0 Å². The minimum Gasteiger partial charge on any atom is -0.345 e. The van der Waals surface area contributed by atoms with Crippen molar-refractivity contribution >= 4 is 27.8 Å². The van der Waals surface area contributed by atoms with Gasteiger partial charge in [0.1, 0.15) is 0 Å². The molecule has 6 nitrogen and oxygen atoms in total. The summed E-state index contributed by atoms with van der Waals surface area (Å²) in [7, 11) is 0. The van der Waals surface area contributed by atoms with Crippen molar-refractivity contribution in [3.8, 4) is 0 Å². The topological polar surface area (TPSA) is 92.9 Å². The molecule has 1 aliphatic carbocycles. The number of hydrazine groups is 1. The molecule has 2 aromatic rings. The molecule has 1 aromatic heterocycles. The summed E-state index contributed by atoms with van der Waals surface area (Å²) in [5.74, 6) is 5.19. The predicted molar refractivity (Wildman–Crippen MR) is 87.0 cm³/mol. The fourth-order valence-corrected chi connectivity index (χ4v) is 2.86. The summed E-state index contributed by atoms with van der Waals surface area (Å²) in [6.45, 7) is 0. The minimum absolute atomic E-state index is 0.127. The maximum absolute atomic E-state index is 11.4. The van der Waals surface area contributed by atoms with Crippen LogP contribution in [0.2, 0.25) is 0 Å². The molecule has 1 aromatic carbocycles. The third-order valence-corrected chi connectivity index (χ3v) is 4.53. The Hall–Kier alpha value is -1.99. The smallest absolute Gasteiger partial charge is 0.268 e. The van der Waals surface area contributed by atoms with Crippen molar-refractivity contribution in [3.05, 3.63) is 52.3 Å². The Labute approximate surface area is 136 Å². The summed E-state index contributed by atoms with van der Waals surface area (Å²) in [4.78, 5) is 19.8. The van der Waals surface area contributed by atoms with E-state index in [9.17, 15) is 4.79 Å². The first-order valence-electron chi connectivity index (χ1n) is 7.00. The normalized spacial score (nSPS) is 15.7. The second-order valence-corrected chi connectivity index (χ2v) is 6.25. The molecule has 0 unspecified atom stereocenters. The van der Waals surface area contributed by atoms with Gasteiger partial charge in [-0.25, -0.2) is 15.8 Å². The largest absolute Gasteiger partial charge is 0.345 e. The lowest BCUT2D eigenvalue weighted by atomic mass is 9.72. The Morgan fingerprint density at radius 2 is 1.82 bits per heavy atom. The van der Waals surface area contributed by atoms with E-state index < -0.39 is 5.91 Å². The van der Waals surface area contributed by atoms with E-state index in [0.717, 1.165) is 23.7 Å². The van der Waals surface area contributed by atoms with Gasteiger partial charge in [0.2, 0.25) is 5.95 Å². The van der Waals surface area contributed by atoms with Gasteiger partial charge in [0.15, 0.2) is 0 Å². The van der Waals surface area contributed by atoms with E-state index in [2.05, 4.69) is 48.8 Å². The highest BCUT2D eigenvalue weighted by atomic mass is 79.9. The first-order chi connectivity index (χ1) is 10.6. The van der Waals surface area contributed by atoms with Gasteiger partial charge in [0.05, 0.1) is 11.1 Å². The number of hydrogen-bond acceptors (Lipinski definition) is 5. The summed E-state index contributed by atoms with van der Waals surface area (Å²) in [5.41, 5.74) is 3.48. The number of nitrogens with zero attached hydrogens (tertiary/aromatic N) is 2. The Balaban J connectivity index is 1.81. The minimum atomic E-state index is -0.405. The zero-order valence-corrected chi connectivity index (χ0v) is 13.4. The fraction of sp³-hybridized carbons (Fsp3) is 0.267. The Bertz CT molecular complexity index is 667. The van der Waals surface area contributed by atoms with E-state index in [1.807, 2.05) is 12.1 Å². The number of aromatic nitrogens is 2. The lowest BCUT2D eigenvalue weighted by Crippen LogP contribution is -2.42. The van der Waals surface area contributed by atoms with Crippen molar-refractivity contribution in [3.63, 3.8) is 0 Å². The fourth-order valence-electron chi connectivity index (χ4n) is 2.59. The number of anilines is 1. The van der Waals surface area contributed by atoms with E-state index in [0.29, 0.717) is 11.5 Å². The third-order valence-electron chi connectivity index (χ3n) is 4.00. The molecule has 4 N–H and O–H groups in total. The van der Waals surface area contributed by atoms with Gasteiger partial charge in [-0.3, -0.25) is 10.2 Å². The van der Waals surface area contributed by atoms with E-state index >= 15 is 0 Å². The van der Waals surface area contributed by atoms with Crippen LogP contribution < -0.4 is 16.6 Å². The van der Waals surface area contributed by atoms with Crippen molar-refractivity contribution in [2.45, 2.75) is 24.8 Å². The molecule has 3 rings (SSSR count). The van der Waals surface area contributed by atoms with Gasteiger partial charge in [0.25, 0.3) is 5.91 Å². The molecule has 1 aliphatic rings. The number of benzene rings is 1. The first kappa shape index (κ1) is 14.9. The molecule has 0 aliphatic heterocycles. The van der Waals surface area contributed by atoms with Crippen LogP contribution in [0.4, 0.5) is 5.95 Å². The van der Waals surface area contributed by atoms with Crippen LogP contribution in [0, 0.1) is 0 Å². The van der Waals surface area contributed by atoms with Gasteiger partial charge in [-0.05, 0) is 37.0 Å². The Morgan fingerprint density at radius 3 is 2.32 bits per heavy atom.